The Balaban J connectivity index is 1.61. The van der Waals surface area contributed by atoms with Crippen molar-refractivity contribution >= 4 is 5.91 Å². The summed E-state index contributed by atoms with van der Waals surface area (Å²) in [5.74, 6) is 0.369. The number of halogens is 1. The Morgan fingerprint density at radius 2 is 1.88 bits per heavy atom. The van der Waals surface area contributed by atoms with Crippen LogP contribution in [0.3, 0.4) is 0 Å². The number of likely N-dealkylation sites (tertiary alicyclic amines) is 1. The van der Waals surface area contributed by atoms with Crippen molar-refractivity contribution in [1.82, 2.24) is 14.8 Å². The van der Waals surface area contributed by atoms with Gasteiger partial charge in [-0.25, -0.2) is 4.39 Å². The van der Waals surface area contributed by atoms with Crippen molar-refractivity contribution in [3.63, 3.8) is 0 Å². The molecule has 0 spiro atoms. The second-order valence-electron chi connectivity index (χ2n) is 7.16. The number of hydrogen-bond acceptors (Lipinski definition) is 3. The number of hydrogen-bond donors (Lipinski definition) is 0. The largest absolute Gasteiger partial charge is 0.348 e. The zero-order valence-corrected chi connectivity index (χ0v) is 15.5. The van der Waals surface area contributed by atoms with Crippen LogP contribution in [0.15, 0.2) is 42.5 Å². The summed E-state index contributed by atoms with van der Waals surface area (Å²) >= 11 is 0. The lowest BCUT2D eigenvalue weighted by molar-refractivity contribution is -0.130. The Labute approximate surface area is 154 Å². The molecule has 1 fully saturated rings. The first-order valence-electron chi connectivity index (χ1n) is 9.14. The van der Waals surface area contributed by atoms with E-state index in [1.165, 1.54) is 6.07 Å². The third-order valence-corrected chi connectivity index (χ3v) is 5.02. The van der Waals surface area contributed by atoms with E-state index in [0.29, 0.717) is 24.4 Å². The van der Waals surface area contributed by atoms with Crippen LogP contribution in [0, 0.1) is 5.82 Å². The van der Waals surface area contributed by atoms with Gasteiger partial charge in [0.15, 0.2) is 0 Å². The average Bonchev–Trinajstić information content (AvgIpc) is 2.64. The zero-order valence-electron chi connectivity index (χ0n) is 15.5. The number of likely N-dealkylation sites (N-methyl/N-ethyl adjacent to an activating group) is 1. The van der Waals surface area contributed by atoms with Gasteiger partial charge in [-0.1, -0.05) is 24.3 Å². The van der Waals surface area contributed by atoms with E-state index < -0.39 is 0 Å². The number of rotatable bonds is 5. The summed E-state index contributed by atoms with van der Waals surface area (Å²) in [6.07, 6.45) is 2.50. The van der Waals surface area contributed by atoms with E-state index >= 15 is 0 Å². The molecule has 2 aromatic rings. The number of pyridine rings is 1. The van der Waals surface area contributed by atoms with Crippen LogP contribution >= 0.6 is 0 Å². The smallest absolute Gasteiger partial charge is 0.236 e. The molecule has 0 N–H and O–H groups in total. The molecule has 138 valence electrons. The molecule has 4 nitrogen and oxygen atoms in total. The molecule has 0 radical (unpaired) electrons. The summed E-state index contributed by atoms with van der Waals surface area (Å²) in [6, 6.07) is 12.9. The molecule has 0 saturated carbocycles. The highest BCUT2D eigenvalue weighted by atomic mass is 19.1. The Morgan fingerprint density at radius 3 is 2.58 bits per heavy atom. The van der Waals surface area contributed by atoms with Crippen molar-refractivity contribution in [2.75, 3.05) is 33.7 Å². The summed E-state index contributed by atoms with van der Waals surface area (Å²) < 4.78 is 13.9. The normalized spacial score (nSPS) is 15.8. The van der Waals surface area contributed by atoms with Gasteiger partial charge >= 0.3 is 0 Å². The van der Waals surface area contributed by atoms with Gasteiger partial charge in [-0.2, -0.15) is 0 Å². The second-order valence-corrected chi connectivity index (χ2v) is 7.16. The maximum atomic E-state index is 13.9. The molecule has 1 amide bonds. The van der Waals surface area contributed by atoms with Gasteiger partial charge in [-0.3, -0.25) is 14.7 Å². The van der Waals surface area contributed by atoms with Gasteiger partial charge in [0, 0.05) is 37.8 Å². The standard InChI is InChI=1S/C21H26FN3O/c1-24(2)21(26)15-25-12-10-16(11-13-25)20-9-5-7-18(23-20)14-17-6-3-4-8-19(17)22/h3-9,16H,10-15H2,1-2H3. The van der Waals surface area contributed by atoms with Crippen LogP contribution in [-0.4, -0.2) is 54.4 Å². The molecule has 5 heteroatoms. The fourth-order valence-electron chi connectivity index (χ4n) is 3.38. The van der Waals surface area contributed by atoms with E-state index in [2.05, 4.69) is 11.0 Å². The van der Waals surface area contributed by atoms with Gasteiger partial charge < -0.3 is 4.90 Å². The zero-order chi connectivity index (χ0) is 18.5. The van der Waals surface area contributed by atoms with Gasteiger partial charge in [0.25, 0.3) is 0 Å². The Morgan fingerprint density at radius 1 is 1.15 bits per heavy atom. The second kappa shape index (κ2) is 8.41. The molecule has 1 saturated heterocycles. The molecule has 1 aromatic heterocycles. The van der Waals surface area contributed by atoms with Gasteiger partial charge in [-0.15, -0.1) is 0 Å². The number of carbonyl (C=O) groups excluding carboxylic acids is 1. The van der Waals surface area contributed by atoms with Crippen LogP contribution in [-0.2, 0) is 11.2 Å². The van der Waals surface area contributed by atoms with Crippen LogP contribution in [0.1, 0.15) is 35.7 Å². The predicted octanol–water partition coefficient (Wildman–Crippen LogP) is 3.08. The van der Waals surface area contributed by atoms with Crippen LogP contribution in [0.5, 0.6) is 0 Å². The highest BCUT2D eigenvalue weighted by molar-refractivity contribution is 5.77. The molecule has 1 aliphatic heterocycles. The van der Waals surface area contributed by atoms with Crippen molar-refractivity contribution < 1.29 is 9.18 Å². The number of carbonyl (C=O) groups is 1. The first kappa shape index (κ1) is 18.5. The summed E-state index contributed by atoms with van der Waals surface area (Å²) in [6.45, 7) is 2.30. The quantitative estimate of drug-likeness (QED) is 0.827. The number of nitrogens with zero attached hydrogens (tertiary/aromatic N) is 3. The van der Waals surface area contributed by atoms with Crippen molar-refractivity contribution in [2.24, 2.45) is 0 Å². The molecule has 1 aromatic carbocycles. The molecule has 26 heavy (non-hydrogen) atoms. The van der Waals surface area contributed by atoms with Crippen molar-refractivity contribution in [1.29, 1.82) is 0 Å². The lowest BCUT2D eigenvalue weighted by atomic mass is 9.92. The number of piperidine rings is 1. The lowest BCUT2D eigenvalue weighted by Crippen LogP contribution is -2.40. The highest BCUT2D eigenvalue weighted by Crippen LogP contribution is 2.27. The van der Waals surface area contributed by atoms with E-state index in [0.717, 1.165) is 37.3 Å². The summed E-state index contributed by atoms with van der Waals surface area (Å²) in [4.78, 5) is 20.5. The third kappa shape index (κ3) is 4.67. The molecule has 0 aliphatic carbocycles. The fraction of sp³-hybridized carbons (Fsp3) is 0.429. The highest BCUT2D eigenvalue weighted by Gasteiger charge is 2.23. The lowest BCUT2D eigenvalue weighted by Gasteiger charge is -2.31. The molecular weight excluding hydrogens is 329 g/mol. The van der Waals surface area contributed by atoms with E-state index in [1.54, 1.807) is 25.1 Å². The maximum absolute atomic E-state index is 13.9. The Bertz CT molecular complexity index is 754. The first-order valence-corrected chi connectivity index (χ1v) is 9.14. The van der Waals surface area contributed by atoms with Crippen LogP contribution in [0.2, 0.25) is 0 Å². The minimum atomic E-state index is -0.182. The minimum absolute atomic E-state index is 0.147. The van der Waals surface area contributed by atoms with Crippen LogP contribution < -0.4 is 0 Å². The molecule has 0 unspecified atom stereocenters. The predicted molar refractivity (Wildman–Crippen MR) is 101 cm³/mol. The average molecular weight is 355 g/mol. The topological polar surface area (TPSA) is 36.4 Å². The van der Waals surface area contributed by atoms with Gasteiger partial charge in [0.2, 0.25) is 5.91 Å². The van der Waals surface area contributed by atoms with E-state index in [9.17, 15) is 9.18 Å². The Kier molecular flexibility index (Phi) is 5.99. The van der Waals surface area contributed by atoms with E-state index in [4.69, 9.17) is 4.98 Å². The first-order chi connectivity index (χ1) is 12.5. The summed E-state index contributed by atoms with van der Waals surface area (Å²) in [5, 5.41) is 0. The van der Waals surface area contributed by atoms with Crippen LogP contribution in [0.25, 0.3) is 0 Å². The maximum Gasteiger partial charge on any atom is 0.236 e. The van der Waals surface area contributed by atoms with Crippen molar-refractivity contribution in [3.8, 4) is 0 Å². The molecule has 0 bridgehead atoms. The Hall–Kier alpha value is -2.27. The third-order valence-electron chi connectivity index (χ3n) is 5.02. The fourth-order valence-corrected chi connectivity index (χ4v) is 3.38. The SMILES string of the molecule is CN(C)C(=O)CN1CCC(c2cccc(Cc3ccccc3F)n2)CC1. The molecule has 1 aliphatic rings. The summed E-state index contributed by atoms with van der Waals surface area (Å²) in [5.41, 5.74) is 2.66. The number of benzene rings is 1. The number of aromatic nitrogens is 1. The van der Waals surface area contributed by atoms with Crippen LogP contribution in [0.4, 0.5) is 4.39 Å². The molecular formula is C21H26FN3O. The number of amides is 1. The van der Waals surface area contributed by atoms with E-state index in [1.807, 2.05) is 24.3 Å². The van der Waals surface area contributed by atoms with Gasteiger partial charge in [0.05, 0.1) is 6.54 Å². The molecule has 2 heterocycles. The van der Waals surface area contributed by atoms with Crippen molar-refractivity contribution in [2.45, 2.75) is 25.2 Å². The minimum Gasteiger partial charge on any atom is -0.348 e. The van der Waals surface area contributed by atoms with Crippen molar-refractivity contribution in [3.05, 3.63) is 65.2 Å². The van der Waals surface area contributed by atoms with E-state index in [-0.39, 0.29) is 11.7 Å². The van der Waals surface area contributed by atoms with Gasteiger partial charge in [0.1, 0.15) is 5.82 Å². The summed E-state index contributed by atoms with van der Waals surface area (Å²) in [7, 11) is 3.58. The monoisotopic (exact) mass is 355 g/mol. The molecule has 3 rings (SSSR count). The van der Waals surface area contributed by atoms with Gasteiger partial charge in [-0.05, 0) is 49.7 Å². The molecule has 0 atom stereocenters.